The number of carbonyl (C=O) groups excluding carboxylic acids is 2. The van der Waals surface area contributed by atoms with Crippen LogP contribution in [-0.4, -0.2) is 28.6 Å². The maximum atomic E-state index is 10.1. The largest absolute Gasteiger partial charge is 0.383 e. The Labute approximate surface area is 51.2 Å². The van der Waals surface area contributed by atoms with Crippen LogP contribution in [0.2, 0.25) is 0 Å². The minimum absolute atomic E-state index is 0.299. The number of rotatable bonds is 3. The molecule has 5 nitrogen and oxygen atoms in total. The summed E-state index contributed by atoms with van der Waals surface area (Å²) in [5.74, 6) is -0.970. The van der Waals surface area contributed by atoms with Gasteiger partial charge in [-0.05, 0) is 0 Å². The summed E-state index contributed by atoms with van der Waals surface area (Å²) in [6, 6.07) is 0. The Morgan fingerprint density at radius 3 is 2.67 bits per heavy atom. The van der Waals surface area contributed by atoms with Crippen LogP contribution in [0.15, 0.2) is 0 Å². The van der Waals surface area contributed by atoms with Gasteiger partial charge >= 0.3 is 0 Å². The van der Waals surface area contributed by atoms with Gasteiger partial charge < -0.3 is 9.90 Å². The molecule has 0 fully saturated rings. The van der Waals surface area contributed by atoms with E-state index in [0.717, 1.165) is 0 Å². The third-order valence-corrected chi connectivity index (χ3v) is 0.732. The van der Waals surface area contributed by atoms with E-state index in [1.807, 2.05) is 0 Å². The van der Waals surface area contributed by atoms with E-state index in [-0.39, 0.29) is 6.42 Å². The van der Waals surface area contributed by atoms with Gasteiger partial charge in [0.25, 0.3) is 5.91 Å². The Balaban J connectivity index is 3.58. The van der Waals surface area contributed by atoms with Crippen LogP contribution in [0.25, 0.3) is 0 Å². The number of hydrogen-bond acceptors (Lipinski definition) is 4. The second kappa shape index (κ2) is 3.99. The van der Waals surface area contributed by atoms with Crippen molar-refractivity contribution >= 4 is 12.2 Å². The Bertz CT molecular complexity index is 113. The molecule has 1 unspecified atom stereocenters. The molecule has 0 radical (unpaired) electrons. The Morgan fingerprint density at radius 2 is 2.33 bits per heavy atom. The van der Waals surface area contributed by atoms with E-state index in [0.29, 0.717) is 6.29 Å². The summed E-state index contributed by atoms with van der Waals surface area (Å²) in [5, 5.41) is 16.4. The lowest BCUT2D eigenvalue weighted by Crippen LogP contribution is -2.32. The van der Waals surface area contributed by atoms with Crippen LogP contribution in [0.1, 0.15) is 6.42 Å². The molecular weight excluding hydrogens is 126 g/mol. The summed E-state index contributed by atoms with van der Waals surface area (Å²) >= 11 is 0. The lowest BCUT2D eigenvalue weighted by atomic mass is 10.3. The van der Waals surface area contributed by atoms with E-state index in [1.54, 1.807) is 0 Å². The number of nitrogens with one attached hydrogen (secondary N) is 1. The third-order valence-electron chi connectivity index (χ3n) is 0.732. The minimum atomic E-state index is -1.44. The van der Waals surface area contributed by atoms with Crippen molar-refractivity contribution < 1.29 is 19.9 Å². The van der Waals surface area contributed by atoms with Crippen LogP contribution in [0.3, 0.4) is 0 Å². The zero-order valence-corrected chi connectivity index (χ0v) is 4.57. The molecule has 0 aliphatic rings. The predicted molar refractivity (Wildman–Crippen MR) is 26.6 cm³/mol. The first-order valence-corrected chi connectivity index (χ1v) is 2.28. The number of aliphatic hydroxyl groups is 1. The molecule has 0 saturated heterocycles. The monoisotopic (exact) mass is 133 g/mol. The number of carbonyl (C=O) groups is 2. The predicted octanol–water partition coefficient (Wildman–Crippen LogP) is -1.56. The molecule has 0 aromatic rings. The van der Waals surface area contributed by atoms with Gasteiger partial charge in [-0.25, -0.2) is 5.48 Å². The van der Waals surface area contributed by atoms with Crippen molar-refractivity contribution in [1.82, 2.24) is 5.48 Å². The summed E-state index contributed by atoms with van der Waals surface area (Å²) in [4.78, 5) is 19.7. The smallest absolute Gasteiger partial charge is 0.272 e. The van der Waals surface area contributed by atoms with Crippen LogP contribution >= 0.6 is 0 Å². The molecule has 1 amide bonds. The normalized spacial score (nSPS) is 12.2. The van der Waals surface area contributed by atoms with Gasteiger partial charge in [0.2, 0.25) is 0 Å². The highest BCUT2D eigenvalue weighted by Crippen LogP contribution is 1.85. The maximum Gasteiger partial charge on any atom is 0.272 e. The molecule has 0 rings (SSSR count). The van der Waals surface area contributed by atoms with E-state index in [4.69, 9.17) is 10.3 Å². The van der Waals surface area contributed by atoms with Gasteiger partial charge in [0.05, 0.1) is 0 Å². The van der Waals surface area contributed by atoms with E-state index in [1.165, 1.54) is 5.48 Å². The molecule has 0 aliphatic heterocycles. The van der Waals surface area contributed by atoms with Crippen molar-refractivity contribution in [3.8, 4) is 0 Å². The highest BCUT2D eigenvalue weighted by molar-refractivity contribution is 5.81. The Hall–Kier alpha value is -0.940. The molecule has 5 heteroatoms. The molecule has 3 N–H and O–H groups in total. The van der Waals surface area contributed by atoms with Crippen LogP contribution in [0.5, 0.6) is 0 Å². The van der Waals surface area contributed by atoms with Gasteiger partial charge in [-0.15, -0.1) is 0 Å². The van der Waals surface area contributed by atoms with Gasteiger partial charge in [-0.2, -0.15) is 0 Å². The van der Waals surface area contributed by atoms with Crippen LogP contribution < -0.4 is 5.48 Å². The molecule has 0 saturated carbocycles. The molecule has 0 aromatic carbocycles. The number of aldehydes is 1. The summed E-state index contributed by atoms with van der Waals surface area (Å²) in [5.41, 5.74) is 1.20. The first kappa shape index (κ1) is 8.06. The zero-order chi connectivity index (χ0) is 7.28. The summed E-state index contributed by atoms with van der Waals surface area (Å²) < 4.78 is 0. The number of hydrogen-bond donors (Lipinski definition) is 3. The SMILES string of the molecule is O=CCC(O)C(=O)NO. The fourth-order valence-corrected chi connectivity index (χ4v) is 0.273. The van der Waals surface area contributed by atoms with Crippen LogP contribution in [-0.2, 0) is 9.59 Å². The molecular formula is C4H7NO4. The number of amides is 1. The lowest BCUT2D eigenvalue weighted by Gasteiger charge is -2.01. The van der Waals surface area contributed by atoms with Crippen molar-refractivity contribution in [1.29, 1.82) is 0 Å². The van der Waals surface area contributed by atoms with Crippen molar-refractivity contribution in [2.75, 3.05) is 0 Å². The second-order valence-corrected chi connectivity index (χ2v) is 1.39. The van der Waals surface area contributed by atoms with Gasteiger partial charge in [0.15, 0.2) is 0 Å². The number of hydroxylamine groups is 1. The molecule has 0 aromatic heterocycles. The topological polar surface area (TPSA) is 86.6 Å². The second-order valence-electron chi connectivity index (χ2n) is 1.39. The Kier molecular flexibility index (Phi) is 3.57. The molecule has 0 spiro atoms. The van der Waals surface area contributed by atoms with Crippen molar-refractivity contribution in [2.45, 2.75) is 12.5 Å². The van der Waals surface area contributed by atoms with Gasteiger partial charge in [0, 0.05) is 6.42 Å². The van der Waals surface area contributed by atoms with Gasteiger partial charge in [-0.1, -0.05) is 0 Å². The first-order chi connectivity index (χ1) is 4.22. The molecule has 0 aliphatic carbocycles. The zero-order valence-electron chi connectivity index (χ0n) is 4.57. The highest BCUT2D eigenvalue weighted by Gasteiger charge is 2.11. The van der Waals surface area contributed by atoms with E-state index >= 15 is 0 Å². The average Bonchev–Trinajstić information content (AvgIpc) is 1.87. The first-order valence-electron chi connectivity index (χ1n) is 2.28. The van der Waals surface area contributed by atoms with E-state index in [9.17, 15) is 9.59 Å². The summed E-state index contributed by atoms with van der Waals surface area (Å²) in [6.07, 6.45) is -1.35. The summed E-state index contributed by atoms with van der Waals surface area (Å²) in [6.45, 7) is 0. The van der Waals surface area contributed by atoms with Crippen LogP contribution in [0, 0.1) is 0 Å². The fraction of sp³-hybridized carbons (Fsp3) is 0.500. The van der Waals surface area contributed by atoms with E-state index < -0.39 is 12.0 Å². The van der Waals surface area contributed by atoms with E-state index in [2.05, 4.69) is 0 Å². The van der Waals surface area contributed by atoms with Gasteiger partial charge in [-0.3, -0.25) is 10.0 Å². The molecule has 0 heterocycles. The average molecular weight is 133 g/mol. The number of aliphatic hydroxyl groups excluding tert-OH is 1. The quantitative estimate of drug-likeness (QED) is 0.247. The van der Waals surface area contributed by atoms with Crippen molar-refractivity contribution in [3.63, 3.8) is 0 Å². The Morgan fingerprint density at radius 1 is 1.78 bits per heavy atom. The molecule has 1 atom stereocenters. The fourth-order valence-electron chi connectivity index (χ4n) is 0.273. The van der Waals surface area contributed by atoms with Crippen molar-refractivity contribution in [3.05, 3.63) is 0 Å². The van der Waals surface area contributed by atoms with Gasteiger partial charge in [0.1, 0.15) is 12.4 Å². The summed E-state index contributed by atoms with van der Waals surface area (Å²) in [7, 11) is 0. The maximum absolute atomic E-state index is 10.1. The lowest BCUT2D eigenvalue weighted by molar-refractivity contribution is -0.139. The third kappa shape index (κ3) is 2.78. The highest BCUT2D eigenvalue weighted by atomic mass is 16.5. The van der Waals surface area contributed by atoms with Crippen molar-refractivity contribution in [2.24, 2.45) is 0 Å². The molecule has 52 valence electrons. The molecule has 9 heavy (non-hydrogen) atoms. The molecule has 0 bridgehead atoms. The standard InChI is InChI=1S/C4H7NO4/c6-2-1-3(7)4(8)5-9/h2-3,7,9H,1H2,(H,5,8). The minimum Gasteiger partial charge on any atom is -0.383 e. The van der Waals surface area contributed by atoms with Crippen LogP contribution in [0.4, 0.5) is 0 Å².